The van der Waals surface area contributed by atoms with E-state index in [1.54, 1.807) is 18.4 Å². The van der Waals surface area contributed by atoms with Crippen LogP contribution in [-0.4, -0.2) is 22.4 Å². The summed E-state index contributed by atoms with van der Waals surface area (Å²) < 4.78 is 7.29. The van der Waals surface area contributed by atoms with Crippen molar-refractivity contribution < 1.29 is 9.53 Å². The Morgan fingerprint density at radius 1 is 1.18 bits per heavy atom. The number of amides is 1. The van der Waals surface area contributed by atoms with Crippen molar-refractivity contribution in [3.05, 3.63) is 71.4 Å². The first-order valence-corrected chi connectivity index (χ1v) is 9.97. The summed E-state index contributed by atoms with van der Waals surface area (Å²) >= 11 is 1.59. The van der Waals surface area contributed by atoms with Crippen LogP contribution < -0.4 is 10.1 Å². The van der Waals surface area contributed by atoms with Gasteiger partial charge in [0.25, 0.3) is 0 Å². The summed E-state index contributed by atoms with van der Waals surface area (Å²) in [7, 11) is 1.66. The minimum Gasteiger partial charge on any atom is -0.497 e. The Kier molecular flexibility index (Phi) is 5.12. The number of imidazole rings is 1. The van der Waals surface area contributed by atoms with Crippen LogP contribution >= 0.6 is 11.3 Å². The zero-order valence-electron chi connectivity index (χ0n) is 15.8. The van der Waals surface area contributed by atoms with Gasteiger partial charge in [-0.2, -0.15) is 0 Å². The molecule has 1 amide bonds. The van der Waals surface area contributed by atoms with Gasteiger partial charge in [0.15, 0.2) is 4.96 Å². The molecule has 0 saturated carbocycles. The van der Waals surface area contributed by atoms with E-state index < -0.39 is 0 Å². The predicted molar refractivity (Wildman–Crippen MR) is 113 cm³/mol. The lowest BCUT2D eigenvalue weighted by atomic mass is 10.1. The van der Waals surface area contributed by atoms with E-state index in [2.05, 4.69) is 15.1 Å². The van der Waals surface area contributed by atoms with Gasteiger partial charge in [-0.05, 0) is 49.2 Å². The molecule has 0 radical (unpaired) electrons. The van der Waals surface area contributed by atoms with Crippen molar-refractivity contribution in [2.24, 2.45) is 0 Å². The number of nitrogens with zero attached hydrogens (tertiary/aromatic N) is 2. The SMILES string of the molecule is COc1ccc(-c2cn3c(CCC(=O)Nc4ccccc4C)csc3n2)cc1. The van der Waals surface area contributed by atoms with Crippen LogP contribution in [0, 0.1) is 6.92 Å². The van der Waals surface area contributed by atoms with E-state index in [4.69, 9.17) is 9.72 Å². The van der Waals surface area contributed by atoms with E-state index in [0.29, 0.717) is 12.8 Å². The first-order chi connectivity index (χ1) is 13.6. The number of aromatic nitrogens is 2. The van der Waals surface area contributed by atoms with E-state index >= 15 is 0 Å². The minimum atomic E-state index is 0.0177. The molecular weight excluding hydrogens is 370 g/mol. The molecule has 1 N–H and O–H groups in total. The molecule has 0 aliphatic rings. The Labute approximate surface area is 167 Å². The molecule has 2 aromatic carbocycles. The summed E-state index contributed by atoms with van der Waals surface area (Å²) in [5.74, 6) is 0.842. The molecule has 0 aliphatic heterocycles. The Balaban J connectivity index is 1.46. The third-order valence-corrected chi connectivity index (χ3v) is 5.59. The lowest BCUT2D eigenvalue weighted by Gasteiger charge is -2.07. The fourth-order valence-electron chi connectivity index (χ4n) is 3.08. The number of rotatable bonds is 6. The first kappa shape index (κ1) is 18.3. The summed E-state index contributed by atoms with van der Waals surface area (Å²) in [6.45, 7) is 1.99. The molecule has 142 valence electrons. The Morgan fingerprint density at radius 2 is 1.96 bits per heavy atom. The average molecular weight is 391 g/mol. The quantitative estimate of drug-likeness (QED) is 0.506. The van der Waals surface area contributed by atoms with Crippen LogP contribution in [0.2, 0.25) is 0 Å². The smallest absolute Gasteiger partial charge is 0.224 e. The van der Waals surface area contributed by atoms with Gasteiger partial charge >= 0.3 is 0 Å². The fraction of sp³-hybridized carbons (Fsp3) is 0.182. The monoisotopic (exact) mass is 391 g/mol. The second kappa shape index (κ2) is 7.86. The van der Waals surface area contributed by atoms with Gasteiger partial charge in [0.1, 0.15) is 5.75 Å². The Morgan fingerprint density at radius 3 is 2.71 bits per heavy atom. The zero-order chi connectivity index (χ0) is 19.5. The van der Waals surface area contributed by atoms with Crippen LogP contribution in [0.25, 0.3) is 16.2 Å². The van der Waals surface area contributed by atoms with Crippen molar-refractivity contribution >= 4 is 27.9 Å². The Hall–Kier alpha value is -3.12. The molecule has 0 unspecified atom stereocenters. The van der Waals surface area contributed by atoms with E-state index in [1.807, 2.05) is 61.7 Å². The summed E-state index contributed by atoms with van der Waals surface area (Å²) in [5.41, 5.74) is 4.98. The topological polar surface area (TPSA) is 55.6 Å². The molecule has 0 atom stereocenters. The van der Waals surface area contributed by atoms with Crippen molar-refractivity contribution in [2.75, 3.05) is 12.4 Å². The third kappa shape index (κ3) is 3.77. The summed E-state index contributed by atoms with van der Waals surface area (Å²) in [4.78, 5) is 18.0. The van der Waals surface area contributed by atoms with Crippen molar-refractivity contribution in [3.63, 3.8) is 0 Å². The number of hydrogen-bond donors (Lipinski definition) is 1. The number of methoxy groups -OCH3 is 1. The van der Waals surface area contributed by atoms with Gasteiger partial charge in [-0.3, -0.25) is 9.20 Å². The Bertz CT molecular complexity index is 1110. The molecule has 2 aromatic heterocycles. The van der Waals surface area contributed by atoms with Crippen LogP contribution in [-0.2, 0) is 11.2 Å². The molecular formula is C22H21N3O2S. The number of carbonyl (C=O) groups excluding carboxylic acids is 1. The van der Waals surface area contributed by atoms with Crippen molar-refractivity contribution in [1.82, 2.24) is 9.38 Å². The van der Waals surface area contributed by atoms with Crippen LogP contribution in [0.3, 0.4) is 0 Å². The number of aryl methyl sites for hydroxylation is 2. The highest BCUT2D eigenvalue weighted by Gasteiger charge is 2.12. The maximum Gasteiger partial charge on any atom is 0.224 e. The molecule has 6 heteroatoms. The van der Waals surface area contributed by atoms with E-state index in [9.17, 15) is 4.79 Å². The minimum absolute atomic E-state index is 0.0177. The molecule has 28 heavy (non-hydrogen) atoms. The van der Waals surface area contributed by atoms with Gasteiger partial charge in [0, 0.05) is 34.9 Å². The number of carbonyl (C=O) groups is 1. The predicted octanol–water partition coefficient (Wildman–Crippen LogP) is 4.95. The van der Waals surface area contributed by atoms with Gasteiger partial charge in [0.05, 0.1) is 12.8 Å². The van der Waals surface area contributed by atoms with Crippen LogP contribution in [0.5, 0.6) is 5.75 Å². The highest BCUT2D eigenvalue weighted by molar-refractivity contribution is 7.15. The largest absolute Gasteiger partial charge is 0.497 e. The first-order valence-electron chi connectivity index (χ1n) is 9.09. The van der Waals surface area contributed by atoms with Crippen molar-refractivity contribution in [2.45, 2.75) is 19.8 Å². The molecule has 4 aromatic rings. The highest BCUT2D eigenvalue weighted by Crippen LogP contribution is 2.26. The van der Waals surface area contributed by atoms with Gasteiger partial charge in [-0.25, -0.2) is 4.98 Å². The molecule has 0 spiro atoms. The van der Waals surface area contributed by atoms with Crippen LogP contribution in [0.15, 0.2) is 60.1 Å². The number of thiazole rings is 1. The summed E-state index contributed by atoms with van der Waals surface area (Å²) in [5, 5.41) is 5.06. The number of hydrogen-bond acceptors (Lipinski definition) is 4. The molecule has 4 rings (SSSR count). The maximum absolute atomic E-state index is 12.3. The number of para-hydroxylation sites is 1. The second-order valence-corrected chi connectivity index (χ2v) is 7.43. The highest BCUT2D eigenvalue weighted by atomic mass is 32.1. The normalized spacial score (nSPS) is 10.9. The van der Waals surface area contributed by atoms with Crippen LogP contribution in [0.4, 0.5) is 5.69 Å². The maximum atomic E-state index is 12.3. The number of fused-ring (bicyclic) bond motifs is 1. The van der Waals surface area contributed by atoms with Crippen molar-refractivity contribution in [3.8, 4) is 17.0 Å². The molecule has 0 saturated heterocycles. The van der Waals surface area contributed by atoms with E-state index in [1.165, 1.54) is 0 Å². The van der Waals surface area contributed by atoms with Gasteiger partial charge in [-0.15, -0.1) is 11.3 Å². The average Bonchev–Trinajstić information content (AvgIpc) is 3.29. The molecule has 0 aliphatic carbocycles. The number of anilines is 1. The molecule has 0 fully saturated rings. The lowest BCUT2D eigenvalue weighted by molar-refractivity contribution is -0.116. The molecule has 2 heterocycles. The van der Waals surface area contributed by atoms with Crippen LogP contribution in [0.1, 0.15) is 17.7 Å². The molecule has 0 bridgehead atoms. The van der Waals surface area contributed by atoms with E-state index in [-0.39, 0.29) is 5.91 Å². The number of ether oxygens (including phenoxy) is 1. The molecule has 5 nitrogen and oxygen atoms in total. The summed E-state index contributed by atoms with van der Waals surface area (Å²) in [6, 6.07) is 15.7. The zero-order valence-corrected chi connectivity index (χ0v) is 16.6. The fourth-order valence-corrected chi connectivity index (χ4v) is 3.98. The number of nitrogens with one attached hydrogen (secondary N) is 1. The van der Waals surface area contributed by atoms with Gasteiger partial charge < -0.3 is 10.1 Å². The van der Waals surface area contributed by atoms with Gasteiger partial charge in [-0.1, -0.05) is 18.2 Å². The van der Waals surface area contributed by atoms with Crippen molar-refractivity contribution in [1.29, 1.82) is 0 Å². The number of benzene rings is 2. The van der Waals surface area contributed by atoms with E-state index in [0.717, 1.165) is 38.9 Å². The standard InChI is InChI=1S/C22H21N3O2S/c1-15-5-3-4-6-19(15)23-21(26)12-9-17-14-28-22-24-20(13-25(17)22)16-7-10-18(27-2)11-8-16/h3-8,10-11,13-14H,9,12H2,1-2H3,(H,23,26). The third-order valence-electron chi connectivity index (χ3n) is 4.70. The summed E-state index contributed by atoms with van der Waals surface area (Å²) in [6.07, 6.45) is 3.12. The lowest BCUT2D eigenvalue weighted by Crippen LogP contribution is -2.13. The van der Waals surface area contributed by atoms with Gasteiger partial charge in [0.2, 0.25) is 5.91 Å². The second-order valence-electron chi connectivity index (χ2n) is 6.60.